The second kappa shape index (κ2) is 33.7. The van der Waals surface area contributed by atoms with Crippen LogP contribution in [0.25, 0.3) is 10.4 Å². The summed E-state index contributed by atoms with van der Waals surface area (Å²) in [5.41, 5.74) is 5.49. The number of aliphatic hydroxyl groups excluding tert-OH is 1. The van der Waals surface area contributed by atoms with Gasteiger partial charge in [-0.2, -0.15) is 13.2 Å². The number of rotatable bonds is 32. The molecule has 7 aliphatic rings. The number of nitrogens with zero attached hydrogens (tertiary/aromatic N) is 7. The predicted molar refractivity (Wildman–Crippen MR) is 415 cm³/mol. The molecule has 0 radical (unpaired) electrons. The molecule has 3 saturated carbocycles. The number of sulfonamides is 1. The van der Waals surface area contributed by atoms with Gasteiger partial charge in [0.1, 0.15) is 22.1 Å². The summed E-state index contributed by atoms with van der Waals surface area (Å²) in [4.78, 5) is 84.1. The van der Waals surface area contributed by atoms with Crippen molar-refractivity contribution in [2.24, 2.45) is 27.9 Å². The summed E-state index contributed by atoms with van der Waals surface area (Å²) in [5, 5.41) is 21.4. The van der Waals surface area contributed by atoms with Crippen molar-refractivity contribution < 1.29 is 72.4 Å². The first kappa shape index (κ1) is 82.6. The first-order valence-corrected chi connectivity index (χ1v) is 43.0. The van der Waals surface area contributed by atoms with Crippen LogP contribution in [-0.2, 0) is 39.0 Å². The van der Waals surface area contributed by atoms with Crippen molar-refractivity contribution in [3.05, 3.63) is 148 Å². The molecule has 6 N–H and O–H groups in total. The number of halogens is 5. The number of thiazole rings is 1. The topological polar surface area (TPSA) is 291 Å². The van der Waals surface area contributed by atoms with Crippen LogP contribution in [0.4, 0.5) is 33.3 Å². The van der Waals surface area contributed by atoms with Crippen molar-refractivity contribution in [1.82, 2.24) is 39.8 Å². The zero-order valence-electron chi connectivity index (χ0n) is 63.5. The third-order valence-electron chi connectivity index (χ3n) is 23.5. The lowest BCUT2D eigenvalue weighted by Crippen LogP contribution is -2.66. The number of nitrogens with one attached hydrogen (secondary N) is 3. The summed E-state index contributed by atoms with van der Waals surface area (Å²) in [5.74, 6) is -4.60. The van der Waals surface area contributed by atoms with Gasteiger partial charge in [-0.1, -0.05) is 92.9 Å². The number of aromatic nitrogens is 2. The summed E-state index contributed by atoms with van der Waals surface area (Å²) in [6.07, 6.45) is 2.87. The van der Waals surface area contributed by atoms with Gasteiger partial charge in [0.2, 0.25) is 30.1 Å². The van der Waals surface area contributed by atoms with E-state index in [1.165, 1.54) is 51.3 Å². The molecule has 2 bridgehead atoms. The molecule has 5 heterocycles. The van der Waals surface area contributed by atoms with Gasteiger partial charge >= 0.3 is 5.51 Å². The summed E-state index contributed by atoms with van der Waals surface area (Å²) in [6, 6.07) is 26.0. The molecule has 22 nitrogen and oxygen atoms in total. The molecule has 2 unspecified atom stereocenters. The number of aliphatic hydroxyl groups is 1. The normalized spacial score (nSPS) is 22.6. The van der Waals surface area contributed by atoms with Crippen LogP contribution >= 0.6 is 23.1 Å². The lowest BCUT2D eigenvalue weighted by atomic mass is 9.32. The highest BCUT2D eigenvalue weighted by Crippen LogP contribution is 2.79. The number of unbranched alkanes of at least 4 members (excludes halogenated alkanes) is 2. The smallest absolute Gasteiger partial charge is 0.391 e. The monoisotopic (exact) mass is 1610 g/mol. The van der Waals surface area contributed by atoms with Crippen molar-refractivity contribution in [1.29, 1.82) is 0 Å². The highest BCUT2D eigenvalue weighted by atomic mass is 32.2. The Bertz CT molecular complexity index is 4600. The molecule has 600 valence electrons. The molecule has 5 amide bonds. The van der Waals surface area contributed by atoms with Gasteiger partial charge in [0, 0.05) is 143 Å². The maximum absolute atomic E-state index is 14.8. The number of sulfone groups is 1. The molecule has 4 aliphatic carbocycles. The van der Waals surface area contributed by atoms with Crippen LogP contribution in [0.5, 0.6) is 0 Å². The molecule has 3 saturated heterocycles. The standard InChI is InChI=1S/C80H100F5N11O11S4/c1-51(2)70(66-39-52(3)90-107-66)73(101)96-45-60(97)42-79(96,75(86)102)63(54-16-18-55(19-17-54)71-53(4)88-50-109-71)41-68(98)87-29-12-8-11-15-69(99)95-37-31-92(32-38-95)30-27-58(46-108-61-13-9-7-10-14-61)89-65-25-24-62(40-67(65)110(103,104)80(83,84)85)111(105,106)91-72(100)56-20-22-59(23-21-56)94-35-33-93(34-36-94)44-57-26-28-76(5,6)43-64(57)77-47-78(48-77,49-77)74(81)82/h7,9-10,13-14,16-25,39-40,50-51,58,60,63,70,74,89,97H,8,11-12,15,26-38,41-49H2,1-6H3,(H2,86,102)(H,87,98)(H,91,100)/t58-,60?,63+,70-,77?,78?,79?/m1/s1. The number of β-amino-alcohol motifs (C(OH)–C–C–N with tert-alkyl or cyclic N) is 1. The Hall–Kier alpha value is -7.81. The number of amides is 5. The number of hydrogen-bond acceptors (Lipinski definition) is 19. The number of thioether (sulfide) groups is 1. The fourth-order valence-corrected chi connectivity index (χ4v) is 21.2. The maximum atomic E-state index is 14.8. The number of anilines is 2. The number of alkyl halides is 5. The highest BCUT2D eigenvalue weighted by molar-refractivity contribution is 7.99. The number of carbonyl (C=O) groups is 5. The van der Waals surface area contributed by atoms with E-state index in [2.05, 4.69) is 49.3 Å². The fraction of sp³-hybridized carbons (Fsp3) is 0.537. The zero-order chi connectivity index (χ0) is 79.6. The van der Waals surface area contributed by atoms with Gasteiger partial charge in [0.15, 0.2) is 0 Å². The molecular weight excluding hydrogens is 1510 g/mol. The van der Waals surface area contributed by atoms with E-state index in [0.29, 0.717) is 107 Å². The Balaban J connectivity index is 0.629. The van der Waals surface area contributed by atoms with Crippen molar-refractivity contribution in [3.63, 3.8) is 0 Å². The molecule has 5 atom stereocenters. The highest BCUT2D eigenvalue weighted by Gasteiger charge is 2.73. The Labute approximate surface area is 654 Å². The van der Waals surface area contributed by atoms with E-state index in [0.717, 1.165) is 77.7 Å². The third kappa shape index (κ3) is 18.2. The van der Waals surface area contributed by atoms with Crippen LogP contribution in [-0.4, -0.2) is 195 Å². The average molecular weight is 1620 g/mol. The number of piperazine rings is 2. The zero-order valence-corrected chi connectivity index (χ0v) is 66.8. The minimum Gasteiger partial charge on any atom is -0.391 e. The molecule has 31 heteroatoms. The SMILES string of the molecule is Cc1cc([C@H](C(=O)N2CC(O)CC2(C(N)=O)[C@@H](CC(=O)NCCCCCC(=O)N2CCN(CC[C@H](CSc3ccccc3)Nc3ccc(S(=O)(=O)NC(=O)c4ccc(N5CCN(CC6=C(C78CC(C(F)F)(C7)C8)CC(C)(C)CC6)CC5)cc4)cc3S(=O)(=O)C(F)(F)F)CC2)c2ccc(-c3scnc3C)cc2)C(C)C)on1. The van der Waals surface area contributed by atoms with Crippen LogP contribution in [0, 0.1) is 36.0 Å². The molecular formula is C80H100F5N11O11S4. The van der Waals surface area contributed by atoms with Gasteiger partial charge in [0.05, 0.1) is 38.5 Å². The summed E-state index contributed by atoms with van der Waals surface area (Å²) in [7, 11) is -11.2. The number of carbonyl (C=O) groups excluding carboxylic acids is 5. The van der Waals surface area contributed by atoms with Crippen molar-refractivity contribution >= 4 is 83.9 Å². The van der Waals surface area contributed by atoms with Gasteiger partial charge < -0.3 is 40.7 Å². The second-order valence-electron chi connectivity index (χ2n) is 32.2. The third-order valence-corrected chi connectivity index (χ3v) is 28.5. The van der Waals surface area contributed by atoms with Crippen LogP contribution in [0.3, 0.4) is 0 Å². The first-order chi connectivity index (χ1) is 52.6. The van der Waals surface area contributed by atoms with Crippen LogP contribution in [0.15, 0.2) is 139 Å². The maximum Gasteiger partial charge on any atom is 0.501 e. The van der Waals surface area contributed by atoms with Crippen molar-refractivity contribution in [2.45, 2.75) is 181 Å². The number of primary amides is 1. The van der Waals surface area contributed by atoms with E-state index in [9.17, 15) is 67.9 Å². The quantitative estimate of drug-likeness (QED) is 0.0113. The molecule has 4 aromatic carbocycles. The first-order valence-electron chi connectivity index (χ1n) is 38.1. The Morgan fingerprint density at radius 1 is 0.838 bits per heavy atom. The molecule has 6 aromatic rings. The summed E-state index contributed by atoms with van der Waals surface area (Å²) >= 11 is 2.85. The number of allylic oxidation sites excluding steroid dienone is 1. The average Bonchev–Trinajstić information content (AvgIpc) is 1.27. The van der Waals surface area contributed by atoms with Gasteiger partial charge in [-0.3, -0.25) is 33.8 Å². The largest absolute Gasteiger partial charge is 0.501 e. The number of benzene rings is 4. The number of nitrogens with two attached hydrogens (primary N) is 1. The van der Waals surface area contributed by atoms with E-state index in [1.807, 2.05) is 80.1 Å². The second-order valence-corrected chi connectivity index (χ2v) is 37.8. The Kier molecular flexibility index (Phi) is 25.1. The Morgan fingerprint density at radius 3 is 2.14 bits per heavy atom. The molecule has 13 rings (SSSR count). The van der Waals surface area contributed by atoms with Gasteiger partial charge in [0.25, 0.3) is 25.8 Å². The molecule has 6 fully saturated rings. The van der Waals surface area contributed by atoms with Gasteiger partial charge in [-0.25, -0.2) is 35.3 Å². The van der Waals surface area contributed by atoms with Crippen molar-refractivity contribution in [2.75, 3.05) is 94.5 Å². The minimum absolute atomic E-state index is 0.0663. The fourth-order valence-electron chi connectivity index (χ4n) is 17.4. The lowest BCUT2D eigenvalue weighted by molar-refractivity contribution is -0.250. The number of hydrogen-bond donors (Lipinski definition) is 5. The molecule has 0 spiro atoms. The molecule has 3 aliphatic heterocycles. The minimum atomic E-state index is -6.21. The summed E-state index contributed by atoms with van der Waals surface area (Å²) in [6.45, 7) is 17.5. The van der Waals surface area contributed by atoms with Crippen molar-refractivity contribution in [3.8, 4) is 10.4 Å². The van der Waals surface area contributed by atoms with E-state index in [-0.39, 0.29) is 72.7 Å². The predicted octanol–water partition coefficient (Wildman–Crippen LogP) is 12.1. The van der Waals surface area contributed by atoms with E-state index in [4.69, 9.17) is 10.3 Å². The summed E-state index contributed by atoms with van der Waals surface area (Å²) < 4.78 is 134. The van der Waals surface area contributed by atoms with Crippen LogP contribution < -0.4 is 26.0 Å². The van der Waals surface area contributed by atoms with E-state index < -0.39 is 106 Å². The van der Waals surface area contributed by atoms with E-state index >= 15 is 0 Å². The number of aryl methyl sites for hydroxylation is 2. The van der Waals surface area contributed by atoms with Crippen LogP contribution in [0.2, 0.25) is 0 Å². The Morgan fingerprint density at radius 2 is 1.52 bits per heavy atom. The molecule has 111 heavy (non-hydrogen) atoms. The van der Waals surface area contributed by atoms with Gasteiger partial charge in [-0.05, 0) is 154 Å². The number of likely N-dealkylation sites (tertiary alicyclic amines) is 1. The van der Waals surface area contributed by atoms with E-state index in [1.54, 1.807) is 35.5 Å². The lowest BCUT2D eigenvalue weighted by Gasteiger charge is -2.72. The van der Waals surface area contributed by atoms with Crippen LogP contribution in [0.1, 0.15) is 156 Å². The molecule has 2 aromatic heterocycles. The van der Waals surface area contributed by atoms with Gasteiger partial charge in [-0.15, -0.1) is 23.1 Å².